The average molecular weight is 294 g/mol. The molecule has 21 heavy (non-hydrogen) atoms. The molecule has 0 radical (unpaired) electrons. The second-order valence-corrected chi connectivity index (χ2v) is 6.17. The van der Waals surface area contributed by atoms with Crippen LogP contribution in [0.5, 0.6) is 0 Å². The SMILES string of the molecule is CCN(CC)CCCC(C)NC(C)c1c(C)nn(C)c1C. The summed E-state index contributed by atoms with van der Waals surface area (Å²) in [5, 5.41) is 8.25. The summed E-state index contributed by atoms with van der Waals surface area (Å²) in [6.45, 7) is 16.8. The van der Waals surface area contributed by atoms with Crippen LogP contribution in [0.2, 0.25) is 0 Å². The highest BCUT2D eigenvalue weighted by atomic mass is 15.3. The molecule has 0 aliphatic heterocycles. The predicted octanol–water partition coefficient (Wildman–Crippen LogP) is 3.20. The van der Waals surface area contributed by atoms with Crippen molar-refractivity contribution in [2.75, 3.05) is 19.6 Å². The number of nitrogens with zero attached hydrogens (tertiary/aromatic N) is 3. The number of aromatic nitrogens is 2. The molecule has 0 saturated carbocycles. The Morgan fingerprint density at radius 1 is 1.19 bits per heavy atom. The van der Waals surface area contributed by atoms with Crippen molar-refractivity contribution in [2.24, 2.45) is 7.05 Å². The predicted molar refractivity (Wildman–Crippen MR) is 90.7 cm³/mol. The quantitative estimate of drug-likeness (QED) is 0.759. The minimum atomic E-state index is 0.363. The van der Waals surface area contributed by atoms with E-state index in [2.05, 4.69) is 56.9 Å². The van der Waals surface area contributed by atoms with Gasteiger partial charge in [0.05, 0.1) is 5.69 Å². The summed E-state index contributed by atoms with van der Waals surface area (Å²) in [6.07, 6.45) is 2.48. The summed E-state index contributed by atoms with van der Waals surface area (Å²) < 4.78 is 1.98. The second kappa shape index (κ2) is 8.54. The number of rotatable bonds is 9. The number of aryl methyl sites for hydroxylation is 2. The zero-order chi connectivity index (χ0) is 16.0. The van der Waals surface area contributed by atoms with Gasteiger partial charge in [0.25, 0.3) is 0 Å². The molecule has 1 aromatic rings. The van der Waals surface area contributed by atoms with Crippen LogP contribution in [0.3, 0.4) is 0 Å². The lowest BCUT2D eigenvalue weighted by atomic mass is 10.0. The van der Waals surface area contributed by atoms with Gasteiger partial charge in [-0.25, -0.2) is 0 Å². The van der Waals surface area contributed by atoms with Crippen LogP contribution >= 0.6 is 0 Å². The molecule has 4 nitrogen and oxygen atoms in total. The number of nitrogens with one attached hydrogen (secondary N) is 1. The number of hydrogen-bond donors (Lipinski definition) is 1. The molecule has 0 aliphatic rings. The Balaban J connectivity index is 2.45. The van der Waals surface area contributed by atoms with Gasteiger partial charge < -0.3 is 10.2 Å². The van der Waals surface area contributed by atoms with Crippen LogP contribution in [0.15, 0.2) is 0 Å². The summed E-state index contributed by atoms with van der Waals surface area (Å²) >= 11 is 0. The van der Waals surface area contributed by atoms with Gasteiger partial charge >= 0.3 is 0 Å². The molecule has 4 heteroatoms. The maximum Gasteiger partial charge on any atom is 0.0644 e. The largest absolute Gasteiger partial charge is 0.308 e. The molecule has 0 amide bonds. The van der Waals surface area contributed by atoms with Gasteiger partial charge in [-0.3, -0.25) is 4.68 Å². The van der Waals surface area contributed by atoms with Crippen LogP contribution in [0, 0.1) is 13.8 Å². The zero-order valence-corrected chi connectivity index (χ0v) is 15.0. The third-order valence-electron chi connectivity index (χ3n) is 4.54. The normalized spacial score (nSPS) is 14.7. The van der Waals surface area contributed by atoms with Gasteiger partial charge in [-0.2, -0.15) is 5.10 Å². The monoisotopic (exact) mass is 294 g/mol. The Kier molecular flexibility index (Phi) is 7.40. The minimum absolute atomic E-state index is 0.363. The molecule has 0 bridgehead atoms. The van der Waals surface area contributed by atoms with Crippen molar-refractivity contribution in [1.29, 1.82) is 0 Å². The van der Waals surface area contributed by atoms with E-state index in [0.29, 0.717) is 12.1 Å². The molecule has 0 aromatic carbocycles. The van der Waals surface area contributed by atoms with Gasteiger partial charge in [0.15, 0.2) is 0 Å². The van der Waals surface area contributed by atoms with E-state index < -0.39 is 0 Å². The van der Waals surface area contributed by atoms with E-state index in [9.17, 15) is 0 Å². The maximum absolute atomic E-state index is 4.52. The smallest absolute Gasteiger partial charge is 0.0644 e. The van der Waals surface area contributed by atoms with Gasteiger partial charge in [-0.05, 0) is 60.2 Å². The topological polar surface area (TPSA) is 33.1 Å². The van der Waals surface area contributed by atoms with E-state index in [-0.39, 0.29) is 0 Å². The van der Waals surface area contributed by atoms with Crippen LogP contribution in [0.4, 0.5) is 0 Å². The van der Waals surface area contributed by atoms with Crippen molar-refractivity contribution in [3.05, 3.63) is 17.0 Å². The summed E-state index contributed by atoms with van der Waals surface area (Å²) in [5.41, 5.74) is 3.77. The first-order valence-electron chi connectivity index (χ1n) is 8.39. The molecule has 0 fully saturated rings. The molecule has 122 valence electrons. The molecule has 1 aromatic heterocycles. The van der Waals surface area contributed by atoms with Crippen LogP contribution in [-0.4, -0.2) is 40.4 Å². The highest BCUT2D eigenvalue weighted by Crippen LogP contribution is 2.21. The van der Waals surface area contributed by atoms with E-state index in [1.807, 2.05) is 11.7 Å². The highest BCUT2D eigenvalue weighted by Gasteiger charge is 2.17. The minimum Gasteiger partial charge on any atom is -0.308 e. The fraction of sp³-hybridized carbons (Fsp3) is 0.824. The first kappa shape index (κ1) is 18.2. The van der Waals surface area contributed by atoms with Crippen molar-refractivity contribution < 1.29 is 0 Å². The lowest BCUT2D eigenvalue weighted by molar-refractivity contribution is 0.288. The molecule has 0 spiro atoms. The fourth-order valence-corrected chi connectivity index (χ4v) is 3.17. The zero-order valence-electron chi connectivity index (χ0n) is 15.0. The molecule has 2 atom stereocenters. The maximum atomic E-state index is 4.52. The van der Waals surface area contributed by atoms with Crippen molar-refractivity contribution in [3.63, 3.8) is 0 Å². The van der Waals surface area contributed by atoms with E-state index in [4.69, 9.17) is 0 Å². The standard InChI is InChI=1S/C17H34N4/c1-8-21(9-2)12-10-11-13(3)18-14(4)17-15(5)19-20(7)16(17)6/h13-14,18H,8-12H2,1-7H3. The fourth-order valence-electron chi connectivity index (χ4n) is 3.17. The lowest BCUT2D eigenvalue weighted by Gasteiger charge is -2.23. The van der Waals surface area contributed by atoms with Gasteiger partial charge in [0, 0.05) is 30.4 Å². The van der Waals surface area contributed by atoms with Crippen molar-refractivity contribution in [3.8, 4) is 0 Å². The molecule has 0 saturated heterocycles. The Morgan fingerprint density at radius 2 is 1.81 bits per heavy atom. The molecule has 1 rings (SSSR count). The average Bonchev–Trinajstić information content (AvgIpc) is 2.68. The first-order chi connectivity index (χ1) is 9.90. The molecular weight excluding hydrogens is 260 g/mol. The van der Waals surface area contributed by atoms with Crippen LogP contribution < -0.4 is 5.32 Å². The van der Waals surface area contributed by atoms with E-state index in [1.165, 1.54) is 30.6 Å². The van der Waals surface area contributed by atoms with Gasteiger partial charge in [-0.1, -0.05) is 13.8 Å². The van der Waals surface area contributed by atoms with E-state index in [1.54, 1.807) is 0 Å². The van der Waals surface area contributed by atoms with Crippen molar-refractivity contribution >= 4 is 0 Å². The molecule has 1 N–H and O–H groups in total. The van der Waals surface area contributed by atoms with Crippen LogP contribution in [-0.2, 0) is 7.05 Å². The summed E-state index contributed by atoms with van der Waals surface area (Å²) in [7, 11) is 2.02. The molecule has 0 aliphatic carbocycles. The Bertz CT molecular complexity index is 421. The van der Waals surface area contributed by atoms with Gasteiger partial charge in [0.1, 0.15) is 0 Å². The van der Waals surface area contributed by atoms with Gasteiger partial charge in [-0.15, -0.1) is 0 Å². The van der Waals surface area contributed by atoms with E-state index in [0.717, 1.165) is 18.8 Å². The van der Waals surface area contributed by atoms with Crippen LogP contribution in [0.25, 0.3) is 0 Å². The summed E-state index contributed by atoms with van der Waals surface area (Å²) in [5.74, 6) is 0. The van der Waals surface area contributed by atoms with Crippen molar-refractivity contribution in [2.45, 2.75) is 66.5 Å². The van der Waals surface area contributed by atoms with Crippen LogP contribution in [0.1, 0.15) is 63.5 Å². The first-order valence-corrected chi connectivity index (χ1v) is 8.39. The van der Waals surface area contributed by atoms with Crippen molar-refractivity contribution in [1.82, 2.24) is 20.0 Å². The summed E-state index contributed by atoms with van der Waals surface area (Å²) in [4.78, 5) is 2.49. The summed E-state index contributed by atoms with van der Waals surface area (Å²) in [6, 6.07) is 0.900. The third kappa shape index (κ3) is 5.11. The molecule has 1 heterocycles. The Labute approximate surface area is 130 Å². The second-order valence-electron chi connectivity index (χ2n) is 6.17. The van der Waals surface area contributed by atoms with Gasteiger partial charge in [0.2, 0.25) is 0 Å². The molecule has 2 unspecified atom stereocenters. The van der Waals surface area contributed by atoms with E-state index >= 15 is 0 Å². The number of hydrogen-bond acceptors (Lipinski definition) is 3. The lowest BCUT2D eigenvalue weighted by Crippen LogP contribution is -2.31. The Hall–Kier alpha value is -0.870. The third-order valence-corrected chi connectivity index (χ3v) is 4.54. The molecular formula is C17H34N4. The highest BCUT2D eigenvalue weighted by molar-refractivity contribution is 5.27. The Morgan fingerprint density at radius 3 is 2.29 bits per heavy atom.